The number of aryl methyl sites for hydroxylation is 2. The van der Waals surface area contributed by atoms with Crippen molar-refractivity contribution in [3.8, 4) is 0 Å². The Labute approximate surface area is 129 Å². The van der Waals surface area contributed by atoms with Crippen LogP contribution >= 0.6 is 11.8 Å². The van der Waals surface area contributed by atoms with Crippen molar-refractivity contribution in [2.24, 2.45) is 7.05 Å². The molecule has 0 aliphatic rings. The van der Waals surface area contributed by atoms with Crippen LogP contribution in [0.1, 0.15) is 18.5 Å². The molecule has 0 saturated carbocycles. The van der Waals surface area contributed by atoms with E-state index in [0.717, 1.165) is 24.3 Å². The summed E-state index contributed by atoms with van der Waals surface area (Å²) in [5.41, 5.74) is 1.16. The molecule has 0 fully saturated rings. The molecular weight excluding hydrogens is 284 g/mol. The number of hydrogen-bond donors (Lipinski definition) is 0. The molecule has 0 atom stereocenters. The monoisotopic (exact) mass is 304 g/mol. The number of carbonyl (C=O) groups is 1. The van der Waals surface area contributed by atoms with Gasteiger partial charge in [-0.05, 0) is 25.0 Å². The number of thioether (sulfide) groups is 1. The Bertz CT molecular complexity index is 554. The van der Waals surface area contributed by atoms with Crippen LogP contribution in [-0.2, 0) is 23.0 Å². The lowest BCUT2D eigenvalue weighted by molar-refractivity contribution is -0.143. The number of benzene rings is 1. The Hall–Kier alpha value is -1.75. The standard InChI is InChI=1S/C16H20N2O2S/c1-18-13-17-12-14(18)6-5-10-20-16(19)9-11-21-15-7-3-2-4-8-15/h2-4,7-8,12-13H,5-6,9-11H2,1H3. The van der Waals surface area contributed by atoms with Crippen molar-refractivity contribution in [2.75, 3.05) is 12.4 Å². The summed E-state index contributed by atoms with van der Waals surface area (Å²) in [5, 5.41) is 0. The number of imidazole rings is 1. The fourth-order valence-corrected chi connectivity index (χ4v) is 2.76. The van der Waals surface area contributed by atoms with Crippen molar-refractivity contribution in [3.63, 3.8) is 0 Å². The van der Waals surface area contributed by atoms with Crippen molar-refractivity contribution < 1.29 is 9.53 Å². The molecule has 0 unspecified atom stereocenters. The van der Waals surface area contributed by atoms with Crippen LogP contribution in [0.15, 0.2) is 47.8 Å². The predicted molar refractivity (Wildman–Crippen MR) is 84.3 cm³/mol. The highest BCUT2D eigenvalue weighted by Gasteiger charge is 2.04. The van der Waals surface area contributed by atoms with Gasteiger partial charge in [0.1, 0.15) is 0 Å². The summed E-state index contributed by atoms with van der Waals surface area (Å²) in [5.74, 6) is 0.633. The molecule has 1 aromatic heterocycles. The average molecular weight is 304 g/mol. The SMILES string of the molecule is Cn1cncc1CCCOC(=O)CCSc1ccccc1. The molecule has 0 spiro atoms. The van der Waals surface area contributed by atoms with Crippen LogP contribution in [0.2, 0.25) is 0 Å². The van der Waals surface area contributed by atoms with Gasteiger partial charge in [0, 0.05) is 29.6 Å². The highest BCUT2D eigenvalue weighted by Crippen LogP contribution is 2.17. The molecule has 1 aromatic carbocycles. The molecule has 0 aliphatic heterocycles. The van der Waals surface area contributed by atoms with Gasteiger partial charge in [-0.2, -0.15) is 0 Å². The molecule has 112 valence electrons. The van der Waals surface area contributed by atoms with Crippen LogP contribution in [0, 0.1) is 0 Å². The smallest absolute Gasteiger partial charge is 0.306 e. The van der Waals surface area contributed by atoms with Gasteiger partial charge >= 0.3 is 5.97 Å². The molecule has 5 heteroatoms. The first-order valence-corrected chi connectivity index (χ1v) is 8.03. The molecule has 21 heavy (non-hydrogen) atoms. The second kappa shape index (κ2) is 8.52. The zero-order chi connectivity index (χ0) is 14.9. The Kier molecular flexibility index (Phi) is 6.34. The molecule has 0 aliphatic carbocycles. The summed E-state index contributed by atoms with van der Waals surface area (Å²) in [6.45, 7) is 0.472. The summed E-state index contributed by atoms with van der Waals surface area (Å²) < 4.78 is 7.22. The molecule has 0 N–H and O–H groups in total. The number of hydrogen-bond acceptors (Lipinski definition) is 4. The van der Waals surface area contributed by atoms with Gasteiger partial charge in [-0.3, -0.25) is 4.79 Å². The predicted octanol–water partition coefficient (Wildman–Crippen LogP) is 3.08. The van der Waals surface area contributed by atoms with E-state index in [4.69, 9.17) is 4.74 Å². The van der Waals surface area contributed by atoms with Gasteiger partial charge in [0.15, 0.2) is 0 Å². The van der Waals surface area contributed by atoms with E-state index in [1.54, 1.807) is 18.1 Å². The second-order valence-corrected chi connectivity index (χ2v) is 5.90. The average Bonchev–Trinajstić information content (AvgIpc) is 2.90. The maximum Gasteiger partial charge on any atom is 0.306 e. The minimum Gasteiger partial charge on any atom is -0.466 e. The third kappa shape index (κ3) is 5.63. The number of nitrogens with zero attached hydrogens (tertiary/aromatic N) is 2. The number of carbonyl (C=O) groups excluding carboxylic acids is 1. The first-order chi connectivity index (χ1) is 10.3. The van der Waals surface area contributed by atoms with E-state index in [-0.39, 0.29) is 5.97 Å². The van der Waals surface area contributed by atoms with Crippen LogP contribution in [-0.4, -0.2) is 27.9 Å². The first kappa shape index (κ1) is 15.6. The number of ether oxygens (including phenoxy) is 1. The van der Waals surface area contributed by atoms with E-state index in [9.17, 15) is 4.79 Å². The highest BCUT2D eigenvalue weighted by molar-refractivity contribution is 7.99. The zero-order valence-electron chi connectivity index (χ0n) is 12.2. The van der Waals surface area contributed by atoms with E-state index in [1.807, 2.05) is 48.1 Å². The van der Waals surface area contributed by atoms with E-state index >= 15 is 0 Å². The Morgan fingerprint density at radius 1 is 1.33 bits per heavy atom. The molecule has 1 heterocycles. The second-order valence-electron chi connectivity index (χ2n) is 4.73. The molecule has 0 saturated heterocycles. The molecule has 4 nitrogen and oxygen atoms in total. The van der Waals surface area contributed by atoms with Crippen LogP contribution < -0.4 is 0 Å². The fourth-order valence-electron chi connectivity index (χ4n) is 1.91. The van der Waals surface area contributed by atoms with Crippen LogP contribution in [0.25, 0.3) is 0 Å². The molecule has 0 amide bonds. The first-order valence-electron chi connectivity index (χ1n) is 7.04. The molecule has 2 rings (SSSR count). The van der Waals surface area contributed by atoms with E-state index < -0.39 is 0 Å². The van der Waals surface area contributed by atoms with Crippen molar-refractivity contribution in [3.05, 3.63) is 48.5 Å². The maximum absolute atomic E-state index is 11.6. The van der Waals surface area contributed by atoms with Gasteiger partial charge in [0.2, 0.25) is 0 Å². The van der Waals surface area contributed by atoms with Gasteiger partial charge in [0.05, 0.1) is 19.4 Å². The molecule has 0 radical (unpaired) electrons. The molecular formula is C16H20N2O2S. The quantitative estimate of drug-likeness (QED) is 0.427. The van der Waals surface area contributed by atoms with Crippen molar-refractivity contribution >= 4 is 17.7 Å². The van der Waals surface area contributed by atoms with Crippen molar-refractivity contribution in [2.45, 2.75) is 24.2 Å². The van der Waals surface area contributed by atoms with E-state index in [1.165, 1.54) is 4.90 Å². The summed E-state index contributed by atoms with van der Waals surface area (Å²) in [6, 6.07) is 10.1. The van der Waals surface area contributed by atoms with Crippen molar-refractivity contribution in [1.29, 1.82) is 0 Å². The molecule has 0 bridgehead atoms. The molecule has 2 aromatic rings. The lowest BCUT2D eigenvalue weighted by Crippen LogP contribution is -2.08. The van der Waals surface area contributed by atoms with Gasteiger partial charge in [-0.25, -0.2) is 4.98 Å². The number of aromatic nitrogens is 2. The van der Waals surface area contributed by atoms with Crippen LogP contribution in [0.5, 0.6) is 0 Å². The van der Waals surface area contributed by atoms with Crippen molar-refractivity contribution in [1.82, 2.24) is 9.55 Å². The lowest BCUT2D eigenvalue weighted by Gasteiger charge is -2.05. The normalized spacial score (nSPS) is 10.5. The van der Waals surface area contributed by atoms with Gasteiger partial charge in [-0.15, -0.1) is 11.8 Å². The van der Waals surface area contributed by atoms with Gasteiger partial charge < -0.3 is 9.30 Å². The van der Waals surface area contributed by atoms with E-state index in [0.29, 0.717) is 13.0 Å². The Morgan fingerprint density at radius 2 is 2.14 bits per heavy atom. The third-order valence-electron chi connectivity index (χ3n) is 3.07. The topological polar surface area (TPSA) is 44.1 Å². The largest absolute Gasteiger partial charge is 0.466 e. The summed E-state index contributed by atoms with van der Waals surface area (Å²) in [6.07, 6.45) is 5.78. The number of esters is 1. The van der Waals surface area contributed by atoms with Gasteiger partial charge in [0.25, 0.3) is 0 Å². The minimum absolute atomic E-state index is 0.122. The van der Waals surface area contributed by atoms with Gasteiger partial charge in [-0.1, -0.05) is 18.2 Å². The minimum atomic E-state index is -0.122. The zero-order valence-corrected chi connectivity index (χ0v) is 13.0. The fraction of sp³-hybridized carbons (Fsp3) is 0.375. The summed E-state index contributed by atoms with van der Waals surface area (Å²) in [7, 11) is 1.97. The Balaban J connectivity index is 1.55. The number of rotatable bonds is 8. The maximum atomic E-state index is 11.6. The van der Waals surface area contributed by atoms with Crippen LogP contribution in [0.4, 0.5) is 0 Å². The summed E-state index contributed by atoms with van der Waals surface area (Å²) in [4.78, 5) is 16.8. The van der Waals surface area contributed by atoms with E-state index in [2.05, 4.69) is 4.98 Å². The third-order valence-corrected chi connectivity index (χ3v) is 4.09. The highest BCUT2D eigenvalue weighted by atomic mass is 32.2. The Morgan fingerprint density at radius 3 is 2.86 bits per heavy atom. The lowest BCUT2D eigenvalue weighted by atomic mass is 10.2. The summed E-state index contributed by atoms with van der Waals surface area (Å²) >= 11 is 1.68. The van der Waals surface area contributed by atoms with Crippen LogP contribution in [0.3, 0.4) is 0 Å².